The predicted octanol–water partition coefficient (Wildman–Crippen LogP) is 8.27. The summed E-state index contributed by atoms with van der Waals surface area (Å²) in [6, 6.07) is 0.196. The average Bonchev–Trinajstić information content (AvgIpc) is 3.34. The van der Waals surface area contributed by atoms with Crippen LogP contribution in [0.1, 0.15) is 163 Å². The number of hydrogen-bond acceptors (Lipinski definition) is 4. The van der Waals surface area contributed by atoms with Crippen LogP contribution in [0.5, 0.6) is 0 Å². The van der Waals surface area contributed by atoms with Crippen LogP contribution in [0.2, 0.25) is 0 Å². The third-order valence-electron chi connectivity index (χ3n) is 13.7. The van der Waals surface area contributed by atoms with E-state index in [2.05, 4.69) is 33.0 Å². The molecule has 6 nitrogen and oxygen atoms in total. The number of hydrogen-bond donors (Lipinski definition) is 4. The van der Waals surface area contributed by atoms with E-state index in [0.717, 1.165) is 57.8 Å². The molecule has 4 aliphatic carbocycles. The lowest BCUT2D eigenvalue weighted by Gasteiger charge is -2.63. The number of carbonyl (C=O) groups excluding carboxylic acids is 1. The average molecular weight is 618 g/mol. The highest BCUT2D eigenvalue weighted by atomic mass is 16.4. The van der Waals surface area contributed by atoms with E-state index in [0.29, 0.717) is 30.6 Å². The zero-order valence-electron chi connectivity index (χ0n) is 28.7. The van der Waals surface area contributed by atoms with Gasteiger partial charge in [0.1, 0.15) is 0 Å². The minimum atomic E-state index is -0.747. The number of nitrogens with one attached hydrogen (secondary N) is 1. The molecule has 0 radical (unpaired) electrons. The second kappa shape index (κ2) is 16.1. The predicted molar refractivity (Wildman–Crippen MR) is 177 cm³/mol. The monoisotopic (exact) mass is 618 g/mol. The Morgan fingerprint density at radius 3 is 2.09 bits per heavy atom. The molecule has 254 valence electrons. The van der Waals surface area contributed by atoms with Gasteiger partial charge in [0.15, 0.2) is 0 Å². The Hall–Kier alpha value is -1.14. The summed E-state index contributed by atoms with van der Waals surface area (Å²) in [7, 11) is 0. The van der Waals surface area contributed by atoms with Gasteiger partial charge < -0.3 is 20.6 Å². The summed E-state index contributed by atoms with van der Waals surface area (Å²) in [6.07, 6.45) is 21.4. The molecule has 0 saturated heterocycles. The van der Waals surface area contributed by atoms with E-state index < -0.39 is 12.1 Å². The Kier molecular flexibility index (Phi) is 13.1. The molecule has 4 aliphatic rings. The maximum absolute atomic E-state index is 12.9. The van der Waals surface area contributed by atoms with Crippen molar-refractivity contribution < 1.29 is 24.9 Å². The molecule has 4 saturated carbocycles. The van der Waals surface area contributed by atoms with Gasteiger partial charge in [-0.05, 0) is 104 Å². The highest BCUT2D eigenvalue weighted by Gasteiger charge is 2.65. The maximum Gasteiger partial charge on any atom is 0.303 e. The van der Waals surface area contributed by atoms with E-state index >= 15 is 0 Å². The van der Waals surface area contributed by atoms with Gasteiger partial charge in [0, 0.05) is 18.9 Å². The normalized spacial score (nSPS) is 38.8. The second-order valence-electron chi connectivity index (χ2n) is 16.3. The van der Waals surface area contributed by atoms with Gasteiger partial charge in [0.25, 0.3) is 0 Å². The van der Waals surface area contributed by atoms with E-state index in [1.165, 1.54) is 57.8 Å². The smallest absolute Gasteiger partial charge is 0.303 e. The lowest BCUT2D eigenvalue weighted by atomic mass is 9.43. The van der Waals surface area contributed by atoms with Crippen molar-refractivity contribution in [3.8, 4) is 0 Å². The van der Waals surface area contributed by atoms with E-state index in [4.69, 9.17) is 0 Å². The molecular weight excluding hydrogens is 550 g/mol. The number of aliphatic carboxylic acids is 1. The number of rotatable bonds is 17. The first-order valence-corrected chi connectivity index (χ1v) is 18.9. The van der Waals surface area contributed by atoms with Crippen molar-refractivity contribution in [2.45, 2.75) is 181 Å². The molecular formula is C38H67NO5. The van der Waals surface area contributed by atoms with Crippen LogP contribution in [-0.4, -0.2) is 45.4 Å². The highest BCUT2D eigenvalue weighted by Crippen LogP contribution is 2.68. The van der Waals surface area contributed by atoms with Crippen LogP contribution in [0.3, 0.4) is 0 Å². The number of carboxylic acids is 1. The minimum Gasteiger partial charge on any atom is -0.481 e. The van der Waals surface area contributed by atoms with Crippen molar-refractivity contribution in [3.05, 3.63) is 0 Å². The van der Waals surface area contributed by atoms with Crippen LogP contribution < -0.4 is 5.32 Å². The minimum absolute atomic E-state index is 0.0798. The standard InChI is InChI=1S/C38H67NO5/c1-5-6-7-8-9-10-11-12-13-14-15-16-34(42)39-28-21-22-37(3)27(23-28)24-32(40)36-30-19-18-29(26(2)17-20-35(43)44)38(30,4)33(41)25-31(36)37/h26-33,36,40-41H,5-25H2,1-4H3,(H,39,42)(H,43,44)/t26-,27+,28+,29-,30+,31+,32-,33+,36+,37+,38-/m1/s1. The van der Waals surface area contributed by atoms with Gasteiger partial charge in [-0.15, -0.1) is 0 Å². The number of amides is 1. The number of fused-ring (bicyclic) bond motifs is 5. The van der Waals surface area contributed by atoms with E-state index in [-0.39, 0.29) is 53.1 Å². The Morgan fingerprint density at radius 1 is 0.818 bits per heavy atom. The fraction of sp³-hybridized carbons (Fsp3) is 0.947. The number of carboxylic acid groups (broad SMARTS) is 1. The summed E-state index contributed by atoms with van der Waals surface area (Å²) in [4.78, 5) is 24.1. The van der Waals surface area contributed by atoms with Crippen LogP contribution in [0, 0.1) is 46.3 Å². The van der Waals surface area contributed by atoms with Crippen molar-refractivity contribution in [3.63, 3.8) is 0 Å². The van der Waals surface area contributed by atoms with Gasteiger partial charge in [-0.1, -0.05) is 91.9 Å². The third-order valence-corrected chi connectivity index (χ3v) is 13.7. The fourth-order valence-corrected chi connectivity index (χ4v) is 11.1. The second-order valence-corrected chi connectivity index (χ2v) is 16.3. The van der Waals surface area contributed by atoms with E-state index in [1.807, 2.05) is 0 Å². The zero-order chi connectivity index (χ0) is 31.9. The summed E-state index contributed by atoms with van der Waals surface area (Å²) < 4.78 is 0. The molecule has 0 aromatic heterocycles. The van der Waals surface area contributed by atoms with Crippen LogP contribution in [0.15, 0.2) is 0 Å². The number of aliphatic hydroxyl groups excluding tert-OH is 2. The first kappa shape index (κ1) is 35.7. The molecule has 0 aromatic carbocycles. The summed E-state index contributed by atoms with van der Waals surface area (Å²) >= 11 is 0. The van der Waals surface area contributed by atoms with Crippen molar-refractivity contribution in [1.29, 1.82) is 0 Å². The summed E-state index contributed by atoms with van der Waals surface area (Å²) in [5.74, 6) is 1.14. The Bertz CT molecular complexity index is 925. The molecule has 4 N–H and O–H groups in total. The first-order chi connectivity index (χ1) is 21.0. The molecule has 0 aromatic rings. The molecule has 0 spiro atoms. The summed E-state index contributed by atoms with van der Waals surface area (Å²) in [5.41, 5.74) is -0.181. The lowest BCUT2D eigenvalue weighted by Crippen LogP contribution is -2.63. The number of aliphatic hydroxyl groups is 2. The van der Waals surface area contributed by atoms with Gasteiger partial charge >= 0.3 is 5.97 Å². The van der Waals surface area contributed by atoms with Crippen LogP contribution in [-0.2, 0) is 9.59 Å². The third kappa shape index (κ3) is 8.04. The topological polar surface area (TPSA) is 107 Å². The van der Waals surface area contributed by atoms with Gasteiger partial charge in [-0.2, -0.15) is 0 Å². The van der Waals surface area contributed by atoms with Crippen molar-refractivity contribution in [1.82, 2.24) is 5.32 Å². The molecule has 0 unspecified atom stereocenters. The SMILES string of the molecule is CCCCCCCCCCCCCC(=O)N[C@H]1CC[C@@]2(C)[C@@H](C1)C[C@@H](O)[C@@H]1[C@@H]2C[C@H](O)[C@]2(C)[C@@H]([C@H](C)CCC(=O)O)CC[C@@H]12. The van der Waals surface area contributed by atoms with Crippen molar-refractivity contribution >= 4 is 11.9 Å². The molecule has 11 atom stereocenters. The lowest BCUT2D eigenvalue weighted by molar-refractivity contribution is -0.202. The van der Waals surface area contributed by atoms with Crippen molar-refractivity contribution in [2.24, 2.45) is 46.3 Å². The maximum atomic E-state index is 12.9. The molecule has 0 aliphatic heterocycles. The molecule has 1 amide bonds. The molecule has 0 bridgehead atoms. The fourth-order valence-electron chi connectivity index (χ4n) is 11.1. The molecule has 44 heavy (non-hydrogen) atoms. The van der Waals surface area contributed by atoms with Gasteiger partial charge in [-0.25, -0.2) is 0 Å². The van der Waals surface area contributed by atoms with Crippen LogP contribution >= 0.6 is 0 Å². The van der Waals surface area contributed by atoms with Crippen LogP contribution in [0.4, 0.5) is 0 Å². The first-order valence-electron chi connectivity index (χ1n) is 18.9. The highest BCUT2D eigenvalue weighted by molar-refractivity contribution is 5.76. The Morgan fingerprint density at radius 2 is 1.45 bits per heavy atom. The zero-order valence-corrected chi connectivity index (χ0v) is 28.7. The quantitative estimate of drug-likeness (QED) is 0.123. The summed E-state index contributed by atoms with van der Waals surface area (Å²) in [6.45, 7) is 9.10. The molecule has 4 rings (SSSR count). The van der Waals surface area contributed by atoms with E-state index in [1.54, 1.807) is 0 Å². The molecule has 0 heterocycles. The van der Waals surface area contributed by atoms with E-state index in [9.17, 15) is 24.9 Å². The Labute approximate surface area is 268 Å². The van der Waals surface area contributed by atoms with Crippen LogP contribution in [0.25, 0.3) is 0 Å². The van der Waals surface area contributed by atoms with Gasteiger partial charge in [0.2, 0.25) is 5.91 Å². The largest absolute Gasteiger partial charge is 0.481 e. The van der Waals surface area contributed by atoms with Gasteiger partial charge in [-0.3, -0.25) is 9.59 Å². The molecule has 4 fully saturated rings. The number of unbranched alkanes of at least 4 members (excludes halogenated alkanes) is 10. The number of carbonyl (C=O) groups is 2. The molecule has 6 heteroatoms. The van der Waals surface area contributed by atoms with Gasteiger partial charge in [0.05, 0.1) is 12.2 Å². The Balaban J connectivity index is 1.23. The summed E-state index contributed by atoms with van der Waals surface area (Å²) in [5, 5.41) is 36.1. The van der Waals surface area contributed by atoms with Crippen molar-refractivity contribution in [2.75, 3.05) is 0 Å².